The summed E-state index contributed by atoms with van der Waals surface area (Å²) in [5, 5.41) is 2.50. The van der Waals surface area contributed by atoms with E-state index in [1.54, 1.807) is 35.4 Å². The third-order valence-electron chi connectivity index (χ3n) is 4.60. The Balaban J connectivity index is 1.59. The van der Waals surface area contributed by atoms with Gasteiger partial charge in [0.05, 0.1) is 11.4 Å². The van der Waals surface area contributed by atoms with Crippen LogP contribution in [0.2, 0.25) is 5.02 Å². The molecule has 8 heteroatoms. The molecule has 0 N–H and O–H groups in total. The van der Waals surface area contributed by atoms with Gasteiger partial charge >= 0.3 is 0 Å². The fraction of sp³-hybridized carbons (Fsp3) is 0.389. The number of hydrogen-bond donors (Lipinski definition) is 0. The minimum atomic E-state index is -3.54. The maximum absolute atomic E-state index is 12.7. The molecular weight excluding hydrogens is 392 g/mol. The molecular formula is C18H21ClN2O3S2. The van der Waals surface area contributed by atoms with Gasteiger partial charge < -0.3 is 4.90 Å². The second kappa shape index (κ2) is 8.08. The molecule has 3 rings (SSSR count). The predicted octanol–water partition coefficient (Wildman–Crippen LogP) is 3.46. The number of nitrogens with zero attached hydrogens (tertiary/aromatic N) is 2. The highest BCUT2D eigenvalue weighted by atomic mass is 35.5. The van der Waals surface area contributed by atoms with Crippen molar-refractivity contribution >= 4 is 38.9 Å². The SMILES string of the molecule is CN(Cc1cccs1)C(=O)C1CCN(S(=O)(=O)c2ccc(Cl)cc2)CC1. The molecule has 0 radical (unpaired) electrons. The topological polar surface area (TPSA) is 57.7 Å². The van der Waals surface area contributed by atoms with Crippen molar-refractivity contribution in [3.63, 3.8) is 0 Å². The maximum atomic E-state index is 12.7. The van der Waals surface area contributed by atoms with Gasteiger partial charge in [-0.25, -0.2) is 8.42 Å². The zero-order valence-electron chi connectivity index (χ0n) is 14.5. The molecule has 0 spiro atoms. The summed E-state index contributed by atoms with van der Waals surface area (Å²) < 4.78 is 26.9. The number of amides is 1. The van der Waals surface area contributed by atoms with Crippen LogP contribution in [0.3, 0.4) is 0 Å². The fourth-order valence-electron chi connectivity index (χ4n) is 3.12. The van der Waals surface area contributed by atoms with E-state index in [2.05, 4.69) is 0 Å². The van der Waals surface area contributed by atoms with Gasteiger partial charge in [-0.05, 0) is 48.6 Å². The number of thiophene rings is 1. The molecule has 0 unspecified atom stereocenters. The lowest BCUT2D eigenvalue weighted by molar-refractivity contribution is -0.135. The highest BCUT2D eigenvalue weighted by Gasteiger charge is 2.33. The minimum Gasteiger partial charge on any atom is -0.340 e. The van der Waals surface area contributed by atoms with Crippen LogP contribution in [0.4, 0.5) is 0 Å². The van der Waals surface area contributed by atoms with E-state index in [4.69, 9.17) is 11.6 Å². The quantitative estimate of drug-likeness (QED) is 0.755. The number of carbonyl (C=O) groups is 1. The van der Waals surface area contributed by atoms with Crippen molar-refractivity contribution in [2.24, 2.45) is 5.92 Å². The summed E-state index contributed by atoms with van der Waals surface area (Å²) in [6.45, 7) is 1.31. The van der Waals surface area contributed by atoms with Crippen molar-refractivity contribution in [3.05, 3.63) is 51.7 Å². The molecule has 0 saturated carbocycles. The Labute approximate surface area is 163 Å². The van der Waals surface area contributed by atoms with E-state index in [9.17, 15) is 13.2 Å². The lowest BCUT2D eigenvalue weighted by atomic mass is 9.96. The summed E-state index contributed by atoms with van der Waals surface area (Å²) in [4.78, 5) is 15.8. The van der Waals surface area contributed by atoms with Gasteiger partial charge in [-0.15, -0.1) is 11.3 Å². The van der Waals surface area contributed by atoms with Crippen LogP contribution in [-0.4, -0.2) is 43.7 Å². The van der Waals surface area contributed by atoms with Gasteiger partial charge in [0.15, 0.2) is 0 Å². The van der Waals surface area contributed by atoms with Gasteiger partial charge in [0.2, 0.25) is 15.9 Å². The van der Waals surface area contributed by atoms with Crippen molar-refractivity contribution in [3.8, 4) is 0 Å². The summed E-state index contributed by atoms with van der Waals surface area (Å²) in [5.41, 5.74) is 0. The Bertz CT molecular complexity index is 843. The molecule has 0 bridgehead atoms. The second-order valence-corrected chi connectivity index (χ2v) is 9.81. The summed E-state index contributed by atoms with van der Waals surface area (Å²) in [6, 6.07) is 10.2. The van der Waals surface area contributed by atoms with E-state index < -0.39 is 10.0 Å². The van der Waals surface area contributed by atoms with Crippen LogP contribution in [-0.2, 0) is 21.4 Å². The van der Waals surface area contributed by atoms with Gasteiger partial charge in [-0.2, -0.15) is 4.31 Å². The molecule has 1 aromatic heterocycles. The third-order valence-corrected chi connectivity index (χ3v) is 7.63. The molecule has 1 aliphatic rings. The van der Waals surface area contributed by atoms with Gasteiger partial charge in [0.25, 0.3) is 0 Å². The molecule has 1 saturated heterocycles. The Morgan fingerprint density at radius 1 is 1.23 bits per heavy atom. The van der Waals surface area contributed by atoms with E-state index >= 15 is 0 Å². The zero-order chi connectivity index (χ0) is 18.7. The lowest BCUT2D eigenvalue weighted by Gasteiger charge is -2.32. The van der Waals surface area contributed by atoms with Crippen LogP contribution in [0.15, 0.2) is 46.7 Å². The van der Waals surface area contributed by atoms with Crippen molar-refractivity contribution in [1.29, 1.82) is 0 Å². The number of benzene rings is 1. The van der Waals surface area contributed by atoms with E-state index in [1.807, 2.05) is 17.5 Å². The Kier molecular flexibility index (Phi) is 6.02. The number of hydrogen-bond acceptors (Lipinski definition) is 4. The monoisotopic (exact) mass is 412 g/mol. The van der Waals surface area contributed by atoms with Gasteiger partial charge in [0.1, 0.15) is 0 Å². The Morgan fingerprint density at radius 3 is 2.46 bits per heavy atom. The fourth-order valence-corrected chi connectivity index (χ4v) is 5.48. The van der Waals surface area contributed by atoms with Gasteiger partial charge in [-0.1, -0.05) is 17.7 Å². The summed E-state index contributed by atoms with van der Waals surface area (Å²) in [6.07, 6.45) is 1.08. The zero-order valence-corrected chi connectivity index (χ0v) is 16.9. The maximum Gasteiger partial charge on any atom is 0.243 e. The third kappa shape index (κ3) is 4.28. The van der Waals surface area contributed by atoms with E-state index in [0.29, 0.717) is 37.5 Å². The Morgan fingerprint density at radius 2 is 1.88 bits per heavy atom. The molecule has 1 aromatic carbocycles. The van der Waals surface area contributed by atoms with Crippen LogP contribution in [0.1, 0.15) is 17.7 Å². The predicted molar refractivity (Wildman–Crippen MR) is 104 cm³/mol. The molecule has 140 valence electrons. The molecule has 1 amide bonds. The van der Waals surface area contributed by atoms with E-state index in [-0.39, 0.29) is 16.7 Å². The highest BCUT2D eigenvalue weighted by Crippen LogP contribution is 2.26. The smallest absolute Gasteiger partial charge is 0.243 e. The summed E-state index contributed by atoms with van der Waals surface area (Å²) >= 11 is 7.46. The van der Waals surface area contributed by atoms with Crippen LogP contribution in [0.5, 0.6) is 0 Å². The number of rotatable bonds is 5. The minimum absolute atomic E-state index is 0.0851. The van der Waals surface area contributed by atoms with Crippen molar-refractivity contribution < 1.29 is 13.2 Å². The van der Waals surface area contributed by atoms with E-state index in [0.717, 1.165) is 4.88 Å². The number of halogens is 1. The largest absolute Gasteiger partial charge is 0.340 e. The normalized spacial score (nSPS) is 16.5. The van der Waals surface area contributed by atoms with Crippen molar-refractivity contribution in [2.75, 3.05) is 20.1 Å². The van der Waals surface area contributed by atoms with Crippen LogP contribution in [0.25, 0.3) is 0 Å². The number of piperidine rings is 1. The molecule has 1 fully saturated rings. The van der Waals surface area contributed by atoms with Gasteiger partial charge in [-0.3, -0.25) is 4.79 Å². The molecule has 2 aromatic rings. The highest BCUT2D eigenvalue weighted by molar-refractivity contribution is 7.89. The van der Waals surface area contributed by atoms with Crippen LogP contribution < -0.4 is 0 Å². The average Bonchev–Trinajstić information content (AvgIpc) is 3.14. The molecule has 2 heterocycles. The first-order valence-corrected chi connectivity index (χ1v) is 11.1. The van der Waals surface area contributed by atoms with E-state index in [1.165, 1.54) is 16.4 Å². The van der Waals surface area contributed by atoms with Crippen LogP contribution >= 0.6 is 22.9 Å². The molecule has 0 aliphatic carbocycles. The molecule has 26 heavy (non-hydrogen) atoms. The second-order valence-electron chi connectivity index (χ2n) is 6.41. The van der Waals surface area contributed by atoms with Crippen molar-refractivity contribution in [1.82, 2.24) is 9.21 Å². The summed E-state index contributed by atoms with van der Waals surface area (Å²) in [5.74, 6) is -0.0430. The lowest BCUT2D eigenvalue weighted by Crippen LogP contribution is -2.43. The molecule has 1 aliphatic heterocycles. The Hall–Kier alpha value is -1.41. The average molecular weight is 413 g/mol. The first kappa shape index (κ1) is 19.4. The van der Waals surface area contributed by atoms with Crippen molar-refractivity contribution in [2.45, 2.75) is 24.3 Å². The number of sulfonamides is 1. The van der Waals surface area contributed by atoms with Crippen LogP contribution in [0, 0.1) is 5.92 Å². The number of carbonyl (C=O) groups excluding carboxylic acids is 1. The molecule has 5 nitrogen and oxygen atoms in total. The summed E-state index contributed by atoms with van der Waals surface area (Å²) in [7, 11) is -1.73. The van der Waals surface area contributed by atoms with Gasteiger partial charge in [0, 0.05) is 36.0 Å². The molecule has 0 atom stereocenters. The first-order valence-electron chi connectivity index (χ1n) is 8.41. The first-order chi connectivity index (χ1) is 12.4. The standard InChI is InChI=1S/C18H21ClN2O3S2/c1-20(13-16-3-2-12-25-16)18(22)14-8-10-21(11-9-14)26(23,24)17-6-4-15(19)5-7-17/h2-7,12,14H,8-11,13H2,1H3.